The monoisotopic (exact) mass is 413 g/mol. The standard InChI is InChI=1S/C21H24ClN5O2/c1-14-17(21(28)26-9-7-25(2)8-10-26)12-23-20-19(15-5-4-6-16(22)11-15)18(13-29-3)24-27(14)20/h4-6,11-12H,7-10,13H2,1-3H3. The summed E-state index contributed by atoms with van der Waals surface area (Å²) < 4.78 is 7.10. The molecule has 1 aliphatic heterocycles. The largest absolute Gasteiger partial charge is 0.378 e. The third-order valence-corrected chi connectivity index (χ3v) is 5.61. The van der Waals surface area contributed by atoms with Crippen LogP contribution in [0.3, 0.4) is 0 Å². The summed E-state index contributed by atoms with van der Waals surface area (Å²) in [5.74, 6) is -0.00176. The van der Waals surface area contributed by atoms with Gasteiger partial charge >= 0.3 is 0 Å². The Morgan fingerprint density at radius 2 is 2.00 bits per heavy atom. The van der Waals surface area contributed by atoms with Crippen molar-refractivity contribution in [1.29, 1.82) is 0 Å². The molecule has 0 bridgehead atoms. The lowest BCUT2D eigenvalue weighted by molar-refractivity contribution is 0.0662. The second kappa shape index (κ2) is 8.10. The van der Waals surface area contributed by atoms with Gasteiger partial charge in [-0.1, -0.05) is 23.7 Å². The van der Waals surface area contributed by atoms with Gasteiger partial charge in [-0.3, -0.25) is 4.79 Å². The van der Waals surface area contributed by atoms with E-state index in [0.29, 0.717) is 35.9 Å². The number of halogens is 1. The van der Waals surface area contributed by atoms with Crippen LogP contribution in [0, 0.1) is 6.92 Å². The zero-order valence-corrected chi connectivity index (χ0v) is 17.6. The highest BCUT2D eigenvalue weighted by molar-refractivity contribution is 6.30. The Bertz CT molecular complexity index is 1060. The number of amides is 1. The molecule has 3 aromatic rings. The molecule has 3 heterocycles. The van der Waals surface area contributed by atoms with Gasteiger partial charge in [-0.25, -0.2) is 9.50 Å². The number of aryl methyl sites for hydroxylation is 1. The van der Waals surface area contributed by atoms with E-state index in [9.17, 15) is 4.79 Å². The van der Waals surface area contributed by atoms with Crippen molar-refractivity contribution >= 4 is 23.2 Å². The average molecular weight is 414 g/mol. The van der Waals surface area contributed by atoms with Crippen LogP contribution in [0.2, 0.25) is 5.02 Å². The number of rotatable bonds is 4. The van der Waals surface area contributed by atoms with Crippen LogP contribution in [0.25, 0.3) is 16.8 Å². The number of methoxy groups -OCH3 is 1. The smallest absolute Gasteiger partial charge is 0.257 e. The molecular weight excluding hydrogens is 390 g/mol. The molecule has 1 fully saturated rings. The van der Waals surface area contributed by atoms with Crippen molar-refractivity contribution < 1.29 is 9.53 Å². The first-order valence-electron chi connectivity index (χ1n) is 9.59. The maximum Gasteiger partial charge on any atom is 0.257 e. The molecule has 1 aromatic carbocycles. The third kappa shape index (κ3) is 3.73. The molecule has 0 aliphatic carbocycles. The number of carbonyl (C=O) groups excluding carboxylic acids is 1. The first-order valence-corrected chi connectivity index (χ1v) is 9.97. The molecule has 8 heteroatoms. The van der Waals surface area contributed by atoms with Crippen LogP contribution in [-0.2, 0) is 11.3 Å². The zero-order chi connectivity index (χ0) is 20.5. The van der Waals surface area contributed by atoms with Crippen LogP contribution in [0.1, 0.15) is 21.7 Å². The van der Waals surface area contributed by atoms with Gasteiger partial charge < -0.3 is 14.5 Å². The van der Waals surface area contributed by atoms with Crippen molar-refractivity contribution in [1.82, 2.24) is 24.4 Å². The number of nitrogens with zero attached hydrogens (tertiary/aromatic N) is 5. The molecule has 0 N–H and O–H groups in total. The van der Waals surface area contributed by atoms with E-state index in [0.717, 1.165) is 35.6 Å². The predicted octanol–water partition coefficient (Wildman–Crippen LogP) is 2.89. The van der Waals surface area contributed by atoms with Gasteiger partial charge in [0, 0.05) is 44.5 Å². The van der Waals surface area contributed by atoms with E-state index >= 15 is 0 Å². The summed E-state index contributed by atoms with van der Waals surface area (Å²) in [4.78, 5) is 21.8. The Balaban J connectivity index is 1.80. The van der Waals surface area contributed by atoms with Gasteiger partial charge in [0.15, 0.2) is 5.65 Å². The van der Waals surface area contributed by atoms with E-state index < -0.39 is 0 Å². The third-order valence-electron chi connectivity index (χ3n) is 5.37. The van der Waals surface area contributed by atoms with Gasteiger partial charge in [-0.05, 0) is 31.7 Å². The van der Waals surface area contributed by atoms with Crippen molar-refractivity contribution in [3.8, 4) is 11.1 Å². The highest BCUT2D eigenvalue weighted by Gasteiger charge is 2.25. The fourth-order valence-electron chi connectivity index (χ4n) is 3.71. The van der Waals surface area contributed by atoms with E-state index in [1.165, 1.54) is 0 Å². The first kappa shape index (κ1) is 19.8. The Morgan fingerprint density at radius 3 is 2.69 bits per heavy atom. The van der Waals surface area contributed by atoms with Crippen LogP contribution in [0.5, 0.6) is 0 Å². The number of aromatic nitrogens is 3. The lowest BCUT2D eigenvalue weighted by Crippen LogP contribution is -2.47. The molecule has 1 aliphatic rings. The summed E-state index contributed by atoms with van der Waals surface area (Å²) in [5.41, 5.74) is 4.58. The maximum absolute atomic E-state index is 13.1. The van der Waals surface area contributed by atoms with E-state index in [2.05, 4.69) is 16.9 Å². The van der Waals surface area contributed by atoms with Gasteiger partial charge in [0.25, 0.3) is 5.91 Å². The van der Waals surface area contributed by atoms with E-state index in [1.807, 2.05) is 36.1 Å². The first-order chi connectivity index (χ1) is 14.0. The molecule has 0 atom stereocenters. The molecule has 1 amide bonds. The molecule has 7 nitrogen and oxygen atoms in total. The Hall–Kier alpha value is -2.48. The minimum Gasteiger partial charge on any atom is -0.378 e. The molecule has 152 valence electrons. The second-order valence-electron chi connectivity index (χ2n) is 7.35. The molecule has 0 spiro atoms. The minimum absolute atomic E-state index is 0.00176. The molecule has 0 unspecified atom stereocenters. The van der Waals surface area contributed by atoms with Gasteiger partial charge in [0.2, 0.25) is 0 Å². The number of hydrogen-bond donors (Lipinski definition) is 0. The fourth-order valence-corrected chi connectivity index (χ4v) is 3.90. The van der Waals surface area contributed by atoms with Crippen molar-refractivity contribution in [2.24, 2.45) is 0 Å². The zero-order valence-electron chi connectivity index (χ0n) is 16.9. The summed E-state index contributed by atoms with van der Waals surface area (Å²) in [6, 6.07) is 7.59. The number of benzene rings is 1. The summed E-state index contributed by atoms with van der Waals surface area (Å²) in [7, 11) is 3.70. The molecule has 0 radical (unpaired) electrons. The highest BCUT2D eigenvalue weighted by atomic mass is 35.5. The van der Waals surface area contributed by atoms with Crippen LogP contribution < -0.4 is 0 Å². The van der Waals surface area contributed by atoms with E-state index in [4.69, 9.17) is 21.4 Å². The van der Waals surface area contributed by atoms with Gasteiger partial charge in [0.1, 0.15) is 0 Å². The van der Waals surface area contributed by atoms with E-state index in [1.54, 1.807) is 17.8 Å². The average Bonchev–Trinajstić information content (AvgIpc) is 3.08. The van der Waals surface area contributed by atoms with Gasteiger partial charge in [-0.2, -0.15) is 5.10 Å². The fraction of sp³-hybridized carbons (Fsp3) is 0.381. The maximum atomic E-state index is 13.1. The Morgan fingerprint density at radius 1 is 1.24 bits per heavy atom. The Labute approximate surface area is 174 Å². The van der Waals surface area contributed by atoms with Crippen LogP contribution in [0.4, 0.5) is 0 Å². The van der Waals surface area contributed by atoms with Crippen molar-refractivity contribution in [2.45, 2.75) is 13.5 Å². The normalized spacial score (nSPS) is 15.2. The minimum atomic E-state index is -0.00176. The lowest BCUT2D eigenvalue weighted by Gasteiger charge is -2.32. The van der Waals surface area contributed by atoms with Gasteiger partial charge in [0.05, 0.1) is 29.1 Å². The summed E-state index contributed by atoms with van der Waals surface area (Å²) in [6.07, 6.45) is 1.66. The molecule has 29 heavy (non-hydrogen) atoms. The van der Waals surface area contributed by atoms with Gasteiger partial charge in [-0.15, -0.1) is 0 Å². The number of carbonyl (C=O) groups is 1. The summed E-state index contributed by atoms with van der Waals surface area (Å²) >= 11 is 6.20. The van der Waals surface area contributed by atoms with Crippen molar-refractivity contribution in [3.05, 3.63) is 52.4 Å². The quantitative estimate of drug-likeness (QED) is 0.658. The number of fused-ring (bicyclic) bond motifs is 1. The van der Waals surface area contributed by atoms with Crippen LogP contribution in [-0.4, -0.2) is 70.6 Å². The molecule has 4 rings (SSSR count). The van der Waals surface area contributed by atoms with Crippen LogP contribution in [0.15, 0.2) is 30.5 Å². The number of hydrogen-bond acceptors (Lipinski definition) is 5. The summed E-state index contributed by atoms with van der Waals surface area (Å²) in [6.45, 7) is 5.43. The van der Waals surface area contributed by atoms with Crippen molar-refractivity contribution in [3.63, 3.8) is 0 Å². The molecular formula is C21H24ClN5O2. The number of piperazine rings is 1. The molecule has 2 aromatic heterocycles. The number of ether oxygens (including phenoxy) is 1. The Kier molecular flexibility index (Phi) is 5.54. The predicted molar refractivity (Wildman–Crippen MR) is 112 cm³/mol. The summed E-state index contributed by atoms with van der Waals surface area (Å²) in [5, 5.41) is 5.36. The van der Waals surface area contributed by atoms with E-state index in [-0.39, 0.29) is 5.91 Å². The lowest BCUT2D eigenvalue weighted by atomic mass is 10.1. The molecule has 1 saturated heterocycles. The highest BCUT2D eigenvalue weighted by Crippen LogP contribution is 2.31. The van der Waals surface area contributed by atoms with Crippen molar-refractivity contribution in [2.75, 3.05) is 40.3 Å². The van der Waals surface area contributed by atoms with Crippen LogP contribution >= 0.6 is 11.6 Å². The topological polar surface area (TPSA) is 63.0 Å². The second-order valence-corrected chi connectivity index (χ2v) is 7.79. The SMILES string of the molecule is COCc1nn2c(C)c(C(=O)N3CCN(C)CC3)cnc2c1-c1cccc(Cl)c1. The number of likely N-dealkylation sites (N-methyl/N-ethyl adjacent to an activating group) is 1. The molecule has 0 saturated carbocycles.